The fraction of sp³-hybridized carbons (Fsp3) is 0.900. The molecule has 2 fully saturated rings. The van der Waals surface area contributed by atoms with E-state index in [2.05, 4.69) is 20.8 Å². The molecule has 2 aliphatic carbocycles. The van der Waals surface area contributed by atoms with E-state index in [0.29, 0.717) is 5.92 Å². The molecule has 2 unspecified atom stereocenters. The summed E-state index contributed by atoms with van der Waals surface area (Å²) in [6.45, 7) is 6.63. The molecule has 0 aliphatic heterocycles. The van der Waals surface area contributed by atoms with Crippen molar-refractivity contribution in [1.82, 2.24) is 0 Å². The topological polar surface area (TPSA) is 93.1 Å². The molecule has 6 nitrogen and oxygen atoms in total. The summed E-state index contributed by atoms with van der Waals surface area (Å²) in [4.78, 5) is 24.1. The Morgan fingerprint density at radius 2 is 1.19 bits per heavy atom. The number of rotatable bonds is 5. The van der Waals surface area contributed by atoms with Gasteiger partial charge < -0.3 is 19.7 Å². The van der Waals surface area contributed by atoms with Crippen LogP contribution in [0.2, 0.25) is 0 Å². The molecule has 2 saturated carbocycles. The van der Waals surface area contributed by atoms with E-state index in [4.69, 9.17) is 9.47 Å². The first-order valence-corrected chi connectivity index (χ1v) is 9.95. The fourth-order valence-electron chi connectivity index (χ4n) is 3.96. The standard InChI is InChI=1S/C20H34O6/c1-20(2,3)13-9-11-15(12-10-13)26-19(24)17(22)16(21)18(23)25-14-7-5-4-6-8-14/h13-17,21-22H,4-12H2,1-3H3. The number of aliphatic hydroxyl groups excluding tert-OH is 2. The maximum Gasteiger partial charge on any atom is 0.338 e. The SMILES string of the molecule is CC(C)(C)C1CCC(OC(=O)C(O)C(O)C(=O)OC2CCCCC2)CC1. The van der Waals surface area contributed by atoms with Gasteiger partial charge in [0, 0.05) is 0 Å². The van der Waals surface area contributed by atoms with Crippen LogP contribution >= 0.6 is 0 Å². The summed E-state index contributed by atoms with van der Waals surface area (Å²) in [6.07, 6.45) is 3.71. The Hall–Kier alpha value is -1.14. The van der Waals surface area contributed by atoms with Crippen molar-refractivity contribution in [2.24, 2.45) is 11.3 Å². The molecule has 2 aliphatic rings. The van der Waals surface area contributed by atoms with Gasteiger partial charge in [-0.2, -0.15) is 0 Å². The third-order valence-corrected chi connectivity index (χ3v) is 5.80. The van der Waals surface area contributed by atoms with Crippen LogP contribution in [0.1, 0.15) is 78.6 Å². The number of hydrogen-bond acceptors (Lipinski definition) is 6. The molecule has 0 aromatic heterocycles. The molecule has 0 amide bonds. The van der Waals surface area contributed by atoms with Gasteiger partial charge in [-0.3, -0.25) is 0 Å². The highest BCUT2D eigenvalue weighted by Gasteiger charge is 2.37. The zero-order valence-corrected chi connectivity index (χ0v) is 16.3. The second-order valence-electron chi connectivity index (χ2n) is 8.86. The largest absolute Gasteiger partial charge is 0.460 e. The zero-order chi connectivity index (χ0) is 19.3. The van der Waals surface area contributed by atoms with Crippen LogP contribution in [0.25, 0.3) is 0 Å². The Morgan fingerprint density at radius 1 is 0.769 bits per heavy atom. The van der Waals surface area contributed by atoms with Gasteiger partial charge in [-0.25, -0.2) is 9.59 Å². The summed E-state index contributed by atoms with van der Waals surface area (Å²) in [7, 11) is 0. The summed E-state index contributed by atoms with van der Waals surface area (Å²) in [5, 5.41) is 19.9. The van der Waals surface area contributed by atoms with Gasteiger partial charge in [-0.05, 0) is 62.7 Å². The number of esters is 2. The molecule has 2 atom stereocenters. The van der Waals surface area contributed by atoms with Crippen molar-refractivity contribution in [3.05, 3.63) is 0 Å². The Kier molecular flexibility index (Phi) is 7.47. The van der Waals surface area contributed by atoms with Crippen molar-refractivity contribution in [1.29, 1.82) is 0 Å². The lowest BCUT2D eigenvalue weighted by molar-refractivity contribution is -0.180. The summed E-state index contributed by atoms with van der Waals surface area (Å²) in [5.41, 5.74) is 0.230. The van der Waals surface area contributed by atoms with Gasteiger partial charge in [-0.1, -0.05) is 27.2 Å². The van der Waals surface area contributed by atoms with E-state index in [1.165, 1.54) is 0 Å². The summed E-state index contributed by atoms with van der Waals surface area (Å²) in [6, 6.07) is 0. The van der Waals surface area contributed by atoms with Crippen LogP contribution in [-0.4, -0.2) is 46.6 Å². The Morgan fingerprint density at radius 3 is 1.62 bits per heavy atom. The molecule has 6 heteroatoms. The van der Waals surface area contributed by atoms with Crippen molar-refractivity contribution in [2.45, 2.75) is 103 Å². The number of carbonyl (C=O) groups excluding carboxylic acids is 2. The second-order valence-corrected chi connectivity index (χ2v) is 8.86. The second kappa shape index (κ2) is 9.18. The molecule has 2 rings (SSSR count). The van der Waals surface area contributed by atoms with E-state index < -0.39 is 24.1 Å². The highest BCUT2D eigenvalue weighted by molar-refractivity contribution is 5.85. The lowest BCUT2D eigenvalue weighted by Gasteiger charge is -2.36. The third kappa shape index (κ3) is 5.95. The van der Waals surface area contributed by atoms with Gasteiger partial charge in [0.2, 0.25) is 0 Å². The molecule has 0 radical (unpaired) electrons. The molecule has 0 saturated heterocycles. The van der Waals surface area contributed by atoms with Gasteiger partial charge in [0.15, 0.2) is 12.2 Å². The van der Waals surface area contributed by atoms with Gasteiger partial charge in [0.05, 0.1) is 0 Å². The average molecular weight is 370 g/mol. The van der Waals surface area contributed by atoms with Crippen molar-refractivity contribution >= 4 is 11.9 Å². The van der Waals surface area contributed by atoms with Gasteiger partial charge >= 0.3 is 11.9 Å². The molecule has 26 heavy (non-hydrogen) atoms. The van der Waals surface area contributed by atoms with Crippen molar-refractivity contribution in [2.75, 3.05) is 0 Å². The predicted octanol–water partition coefficient (Wildman–Crippen LogP) is 2.73. The number of aliphatic hydroxyl groups is 2. The molecule has 0 aromatic carbocycles. The highest BCUT2D eigenvalue weighted by Crippen LogP contribution is 2.38. The fourth-order valence-corrected chi connectivity index (χ4v) is 3.96. The van der Waals surface area contributed by atoms with Crippen molar-refractivity contribution in [3.8, 4) is 0 Å². The van der Waals surface area contributed by atoms with Crippen LogP contribution in [0.15, 0.2) is 0 Å². The zero-order valence-electron chi connectivity index (χ0n) is 16.3. The minimum absolute atomic E-state index is 0.230. The van der Waals surface area contributed by atoms with Gasteiger partial charge in [0.1, 0.15) is 12.2 Å². The molecular weight excluding hydrogens is 336 g/mol. The monoisotopic (exact) mass is 370 g/mol. The smallest absolute Gasteiger partial charge is 0.338 e. The van der Waals surface area contributed by atoms with E-state index in [9.17, 15) is 19.8 Å². The first-order valence-electron chi connectivity index (χ1n) is 9.95. The molecule has 0 bridgehead atoms. The highest BCUT2D eigenvalue weighted by atomic mass is 16.6. The van der Waals surface area contributed by atoms with Crippen LogP contribution in [0.3, 0.4) is 0 Å². The summed E-state index contributed by atoms with van der Waals surface area (Å²) >= 11 is 0. The molecular formula is C20H34O6. The summed E-state index contributed by atoms with van der Waals surface area (Å²) in [5.74, 6) is -1.31. The summed E-state index contributed by atoms with van der Waals surface area (Å²) < 4.78 is 10.5. The van der Waals surface area contributed by atoms with E-state index in [1.54, 1.807) is 0 Å². The van der Waals surface area contributed by atoms with E-state index >= 15 is 0 Å². The third-order valence-electron chi connectivity index (χ3n) is 5.80. The van der Waals surface area contributed by atoms with Gasteiger partial charge in [0.25, 0.3) is 0 Å². The quantitative estimate of drug-likeness (QED) is 0.723. The van der Waals surface area contributed by atoms with Crippen LogP contribution in [-0.2, 0) is 19.1 Å². The Balaban J connectivity index is 1.76. The maximum atomic E-state index is 12.1. The molecule has 0 aromatic rings. The van der Waals surface area contributed by atoms with Crippen molar-refractivity contribution < 1.29 is 29.3 Å². The van der Waals surface area contributed by atoms with Crippen LogP contribution < -0.4 is 0 Å². The number of carbonyl (C=O) groups is 2. The molecule has 0 spiro atoms. The van der Waals surface area contributed by atoms with Gasteiger partial charge in [-0.15, -0.1) is 0 Å². The first kappa shape index (κ1) is 21.2. The first-order chi connectivity index (χ1) is 12.2. The van der Waals surface area contributed by atoms with E-state index in [1.807, 2.05) is 0 Å². The minimum Gasteiger partial charge on any atom is -0.460 e. The predicted molar refractivity (Wildman–Crippen MR) is 96.3 cm³/mol. The molecule has 0 heterocycles. The van der Waals surface area contributed by atoms with Crippen LogP contribution in [0, 0.1) is 11.3 Å². The van der Waals surface area contributed by atoms with Crippen LogP contribution in [0.4, 0.5) is 0 Å². The maximum absolute atomic E-state index is 12.1. The lowest BCUT2D eigenvalue weighted by Crippen LogP contribution is -2.44. The van der Waals surface area contributed by atoms with Crippen molar-refractivity contribution in [3.63, 3.8) is 0 Å². The van der Waals surface area contributed by atoms with Crippen LogP contribution in [0.5, 0.6) is 0 Å². The minimum atomic E-state index is -1.90. The molecule has 2 N–H and O–H groups in total. The average Bonchev–Trinajstić information content (AvgIpc) is 2.61. The Bertz CT molecular complexity index is 469. The van der Waals surface area contributed by atoms with E-state index in [0.717, 1.165) is 57.8 Å². The number of hydrogen-bond donors (Lipinski definition) is 2. The number of ether oxygens (including phenoxy) is 2. The molecule has 150 valence electrons. The van der Waals surface area contributed by atoms with E-state index in [-0.39, 0.29) is 17.6 Å². The lowest BCUT2D eigenvalue weighted by atomic mass is 9.72. The normalized spacial score (nSPS) is 27.4. The Labute approximate surface area is 156 Å².